The first kappa shape index (κ1) is 10.2. The Balaban J connectivity index is 2.60. The van der Waals surface area contributed by atoms with Crippen molar-refractivity contribution in [2.24, 2.45) is 5.73 Å². The Morgan fingerprint density at radius 2 is 2.19 bits per heavy atom. The van der Waals surface area contributed by atoms with E-state index in [1.165, 1.54) is 29.2 Å². The molecule has 6 heteroatoms. The van der Waals surface area contributed by atoms with Crippen molar-refractivity contribution in [3.8, 4) is 5.69 Å². The molecule has 4 N–H and O–H groups in total. The molecule has 0 radical (unpaired) electrons. The van der Waals surface area contributed by atoms with Gasteiger partial charge in [0, 0.05) is 0 Å². The molecule has 0 atom stereocenters. The predicted octanol–water partition coefficient (Wildman–Crippen LogP) is 0.693. The van der Waals surface area contributed by atoms with Gasteiger partial charge in [0.1, 0.15) is 5.82 Å². The maximum atomic E-state index is 13.0. The van der Waals surface area contributed by atoms with Crippen molar-refractivity contribution in [1.29, 1.82) is 0 Å². The zero-order chi connectivity index (χ0) is 11.7. The molecule has 2 rings (SSSR count). The number of nitrogen functional groups attached to an aromatic ring is 1. The zero-order valence-electron chi connectivity index (χ0n) is 8.22. The number of carbonyl (C=O) groups is 1. The number of aromatic nitrogens is 2. The first-order chi connectivity index (χ1) is 7.58. The van der Waals surface area contributed by atoms with Gasteiger partial charge in [0.05, 0.1) is 29.3 Å². The highest BCUT2D eigenvalue weighted by Gasteiger charge is 2.11. The topological polar surface area (TPSA) is 86.9 Å². The fourth-order valence-corrected chi connectivity index (χ4v) is 1.37. The number of hydrogen-bond acceptors (Lipinski definition) is 3. The van der Waals surface area contributed by atoms with Gasteiger partial charge in [-0.25, -0.2) is 9.07 Å². The average Bonchev–Trinajstić information content (AvgIpc) is 2.64. The SMILES string of the molecule is NC(=O)c1cc(F)ccc1-n1cc(N)cn1. The minimum absolute atomic E-state index is 0.0584. The maximum Gasteiger partial charge on any atom is 0.250 e. The number of carbonyl (C=O) groups excluding carboxylic acids is 1. The van der Waals surface area contributed by atoms with Crippen LogP contribution in [0, 0.1) is 5.82 Å². The first-order valence-electron chi connectivity index (χ1n) is 4.48. The second kappa shape index (κ2) is 3.65. The molecule has 0 aliphatic rings. The van der Waals surface area contributed by atoms with Crippen LogP contribution >= 0.6 is 0 Å². The van der Waals surface area contributed by atoms with E-state index in [0.29, 0.717) is 11.4 Å². The lowest BCUT2D eigenvalue weighted by Crippen LogP contribution is -2.15. The van der Waals surface area contributed by atoms with Crippen molar-refractivity contribution in [1.82, 2.24) is 9.78 Å². The minimum Gasteiger partial charge on any atom is -0.396 e. The Morgan fingerprint density at radius 3 is 2.75 bits per heavy atom. The molecule has 2 aromatic rings. The largest absolute Gasteiger partial charge is 0.396 e. The highest BCUT2D eigenvalue weighted by molar-refractivity contribution is 5.96. The van der Waals surface area contributed by atoms with Crippen LogP contribution in [0.15, 0.2) is 30.6 Å². The van der Waals surface area contributed by atoms with Gasteiger partial charge in [0.15, 0.2) is 0 Å². The molecule has 0 fully saturated rings. The second-order valence-corrected chi connectivity index (χ2v) is 3.24. The third-order valence-electron chi connectivity index (χ3n) is 2.07. The van der Waals surface area contributed by atoms with Crippen molar-refractivity contribution in [2.75, 3.05) is 5.73 Å². The molecule has 1 amide bonds. The molecule has 1 aromatic carbocycles. The standard InChI is InChI=1S/C10H9FN4O/c11-6-1-2-9(8(3-6)10(13)16)15-5-7(12)4-14-15/h1-5H,12H2,(H2,13,16). The summed E-state index contributed by atoms with van der Waals surface area (Å²) >= 11 is 0. The minimum atomic E-state index is -0.719. The Morgan fingerprint density at radius 1 is 1.44 bits per heavy atom. The van der Waals surface area contributed by atoms with Gasteiger partial charge in [-0.05, 0) is 18.2 Å². The molecule has 0 saturated heterocycles. The molecule has 0 unspecified atom stereocenters. The summed E-state index contributed by atoms with van der Waals surface area (Å²) < 4.78 is 14.3. The van der Waals surface area contributed by atoms with Gasteiger partial charge in [-0.2, -0.15) is 5.10 Å². The van der Waals surface area contributed by atoms with Gasteiger partial charge < -0.3 is 11.5 Å². The molecule has 16 heavy (non-hydrogen) atoms. The van der Waals surface area contributed by atoms with E-state index in [2.05, 4.69) is 5.10 Å². The van der Waals surface area contributed by atoms with Crippen LogP contribution in [0.3, 0.4) is 0 Å². The third-order valence-corrected chi connectivity index (χ3v) is 2.07. The summed E-state index contributed by atoms with van der Waals surface area (Å²) in [6.45, 7) is 0. The van der Waals surface area contributed by atoms with E-state index in [1.54, 1.807) is 0 Å². The number of amides is 1. The van der Waals surface area contributed by atoms with Crippen LogP contribution in [0.5, 0.6) is 0 Å². The van der Waals surface area contributed by atoms with Gasteiger partial charge in [-0.1, -0.05) is 0 Å². The molecular formula is C10H9FN4O. The van der Waals surface area contributed by atoms with Crippen molar-refractivity contribution in [3.63, 3.8) is 0 Å². The van der Waals surface area contributed by atoms with Gasteiger partial charge >= 0.3 is 0 Å². The molecule has 0 aliphatic heterocycles. The van der Waals surface area contributed by atoms with Crippen LogP contribution in [0.4, 0.5) is 10.1 Å². The van der Waals surface area contributed by atoms with Crippen molar-refractivity contribution >= 4 is 11.6 Å². The molecule has 0 aliphatic carbocycles. The number of anilines is 1. The Labute approximate surface area is 90.5 Å². The summed E-state index contributed by atoms with van der Waals surface area (Å²) in [5, 5.41) is 3.92. The molecule has 0 saturated carbocycles. The fourth-order valence-electron chi connectivity index (χ4n) is 1.37. The zero-order valence-corrected chi connectivity index (χ0v) is 8.22. The molecule has 5 nitrogen and oxygen atoms in total. The normalized spacial score (nSPS) is 10.3. The van der Waals surface area contributed by atoms with E-state index in [4.69, 9.17) is 11.5 Å². The van der Waals surface area contributed by atoms with Crippen LogP contribution in [-0.2, 0) is 0 Å². The lowest BCUT2D eigenvalue weighted by molar-refractivity contribution is 0.0999. The van der Waals surface area contributed by atoms with E-state index in [9.17, 15) is 9.18 Å². The van der Waals surface area contributed by atoms with Crippen LogP contribution in [0.1, 0.15) is 10.4 Å². The van der Waals surface area contributed by atoms with Crippen LogP contribution in [0.25, 0.3) is 5.69 Å². The summed E-state index contributed by atoms with van der Waals surface area (Å²) in [6.07, 6.45) is 2.94. The van der Waals surface area contributed by atoms with Crippen LogP contribution in [-0.4, -0.2) is 15.7 Å². The van der Waals surface area contributed by atoms with Gasteiger partial charge in [0.2, 0.25) is 0 Å². The van der Waals surface area contributed by atoms with Crippen molar-refractivity contribution < 1.29 is 9.18 Å². The van der Waals surface area contributed by atoms with Crippen LogP contribution < -0.4 is 11.5 Å². The lowest BCUT2D eigenvalue weighted by atomic mass is 10.1. The predicted molar refractivity (Wildman–Crippen MR) is 56.5 cm³/mol. The highest BCUT2D eigenvalue weighted by atomic mass is 19.1. The average molecular weight is 220 g/mol. The van der Waals surface area contributed by atoms with E-state index in [0.717, 1.165) is 6.07 Å². The number of rotatable bonds is 2. The van der Waals surface area contributed by atoms with Crippen LogP contribution in [0.2, 0.25) is 0 Å². The number of nitrogens with zero attached hydrogens (tertiary/aromatic N) is 2. The third kappa shape index (κ3) is 1.72. The summed E-state index contributed by atoms with van der Waals surface area (Å²) in [6, 6.07) is 3.71. The van der Waals surface area contributed by atoms with Gasteiger partial charge in [0.25, 0.3) is 5.91 Å². The van der Waals surface area contributed by atoms with Gasteiger partial charge in [-0.3, -0.25) is 4.79 Å². The quantitative estimate of drug-likeness (QED) is 0.780. The number of halogens is 1. The van der Waals surface area contributed by atoms with E-state index >= 15 is 0 Å². The molecule has 1 heterocycles. The maximum absolute atomic E-state index is 13.0. The van der Waals surface area contributed by atoms with Crippen molar-refractivity contribution in [2.45, 2.75) is 0 Å². The van der Waals surface area contributed by atoms with E-state index in [1.807, 2.05) is 0 Å². The van der Waals surface area contributed by atoms with E-state index < -0.39 is 11.7 Å². The summed E-state index contributed by atoms with van der Waals surface area (Å²) in [5.41, 5.74) is 11.5. The second-order valence-electron chi connectivity index (χ2n) is 3.24. The Kier molecular flexibility index (Phi) is 2.32. The smallest absolute Gasteiger partial charge is 0.250 e. The Hall–Kier alpha value is -2.37. The Bertz CT molecular complexity index is 550. The molecule has 82 valence electrons. The lowest BCUT2D eigenvalue weighted by Gasteiger charge is -2.06. The fraction of sp³-hybridized carbons (Fsp3) is 0. The highest BCUT2D eigenvalue weighted by Crippen LogP contribution is 2.16. The van der Waals surface area contributed by atoms with E-state index in [-0.39, 0.29) is 5.56 Å². The van der Waals surface area contributed by atoms with Crippen molar-refractivity contribution in [3.05, 3.63) is 42.0 Å². The first-order valence-corrected chi connectivity index (χ1v) is 4.48. The molecule has 0 bridgehead atoms. The summed E-state index contributed by atoms with van der Waals surface area (Å²) in [7, 11) is 0. The number of nitrogens with two attached hydrogens (primary N) is 2. The number of hydrogen-bond donors (Lipinski definition) is 2. The summed E-state index contributed by atoms with van der Waals surface area (Å²) in [4.78, 5) is 11.1. The number of benzene rings is 1. The van der Waals surface area contributed by atoms with Gasteiger partial charge in [-0.15, -0.1) is 0 Å². The molecular weight excluding hydrogens is 211 g/mol. The number of primary amides is 1. The summed E-state index contributed by atoms with van der Waals surface area (Å²) in [5.74, 6) is -1.25. The molecule has 1 aromatic heterocycles. The monoisotopic (exact) mass is 220 g/mol. The molecule has 0 spiro atoms.